The van der Waals surface area contributed by atoms with E-state index >= 15 is 0 Å². The van der Waals surface area contributed by atoms with Crippen molar-refractivity contribution in [2.75, 3.05) is 12.9 Å². The average Bonchev–Trinajstić information content (AvgIpc) is 3.43. The molecule has 170 valence electrons. The highest BCUT2D eigenvalue weighted by atomic mass is 35.5. The van der Waals surface area contributed by atoms with E-state index < -0.39 is 10.0 Å². The van der Waals surface area contributed by atoms with Crippen LogP contribution in [0.2, 0.25) is 5.02 Å². The monoisotopic (exact) mass is 484 g/mol. The van der Waals surface area contributed by atoms with Crippen LogP contribution >= 0.6 is 11.6 Å². The van der Waals surface area contributed by atoms with Gasteiger partial charge >= 0.3 is 0 Å². The number of benzene rings is 2. The number of rotatable bonds is 8. The molecule has 0 atom stereocenters. The van der Waals surface area contributed by atoms with Gasteiger partial charge in [0.2, 0.25) is 0 Å². The van der Waals surface area contributed by atoms with Crippen LogP contribution in [0.4, 0.5) is 0 Å². The Morgan fingerprint density at radius 2 is 2.00 bits per heavy atom. The molecule has 2 aromatic carbocycles. The van der Waals surface area contributed by atoms with Crippen LogP contribution in [-0.2, 0) is 16.6 Å². The lowest BCUT2D eigenvalue weighted by molar-refractivity contribution is 0.306. The molecule has 4 aromatic rings. The summed E-state index contributed by atoms with van der Waals surface area (Å²) < 4.78 is 37.4. The lowest BCUT2D eigenvalue weighted by Crippen LogP contribution is -2.10. The molecule has 0 unspecified atom stereocenters. The Morgan fingerprint density at radius 1 is 1.18 bits per heavy atom. The highest BCUT2D eigenvalue weighted by Gasteiger charge is 2.14. The van der Waals surface area contributed by atoms with E-state index in [9.17, 15) is 13.7 Å². The van der Waals surface area contributed by atoms with Crippen molar-refractivity contribution in [3.05, 3.63) is 71.1 Å². The Bertz CT molecular complexity index is 1470. The predicted molar refractivity (Wildman–Crippen MR) is 126 cm³/mol. The second kappa shape index (κ2) is 9.17. The molecule has 2 aromatic heterocycles. The summed E-state index contributed by atoms with van der Waals surface area (Å²) in [5, 5.41) is 14.7. The molecular formula is C23H21ClN4O4S. The second-order valence-corrected chi connectivity index (χ2v) is 9.69. The standard InChI is InChI=1S/C23H21ClN4O4S/c1-3-8-31-23-18(12-25)9-19(11-21(23)24)27-7-6-17-10-20(4-5-22(17)27)32-15-16-13-26-28(14-16)33(2,29)30/h4-7,9-11,13-14H,3,8,15H2,1-2H3. The third-order valence-corrected chi connectivity index (χ3v) is 6.06. The molecule has 0 N–H and O–H groups in total. The molecule has 0 spiro atoms. The number of hydrogen-bond acceptors (Lipinski definition) is 6. The topological polar surface area (TPSA) is 99.1 Å². The molecule has 0 saturated carbocycles. The Kier molecular flexibility index (Phi) is 6.31. The molecule has 0 aliphatic carbocycles. The fraction of sp³-hybridized carbons (Fsp3) is 0.217. The second-order valence-electron chi connectivity index (χ2n) is 7.44. The van der Waals surface area contributed by atoms with Gasteiger partial charge in [0.1, 0.15) is 18.4 Å². The first-order valence-corrected chi connectivity index (χ1v) is 12.4. The zero-order chi connectivity index (χ0) is 23.6. The molecule has 0 fully saturated rings. The summed E-state index contributed by atoms with van der Waals surface area (Å²) in [5.74, 6) is 1.03. The summed E-state index contributed by atoms with van der Waals surface area (Å²) in [6.45, 7) is 2.65. The van der Waals surface area contributed by atoms with Crippen molar-refractivity contribution >= 4 is 32.5 Å². The van der Waals surface area contributed by atoms with Crippen LogP contribution in [-0.4, -0.2) is 35.0 Å². The summed E-state index contributed by atoms with van der Waals surface area (Å²) in [6, 6.07) is 13.2. The lowest BCUT2D eigenvalue weighted by Gasteiger charge is -2.13. The van der Waals surface area contributed by atoms with Gasteiger partial charge in [0, 0.05) is 29.0 Å². The molecule has 2 heterocycles. The van der Waals surface area contributed by atoms with Gasteiger partial charge in [-0.05, 0) is 42.8 Å². The first kappa shape index (κ1) is 22.7. The van der Waals surface area contributed by atoms with Crippen LogP contribution < -0.4 is 9.47 Å². The quantitative estimate of drug-likeness (QED) is 0.364. The zero-order valence-corrected chi connectivity index (χ0v) is 19.6. The molecular weight excluding hydrogens is 464 g/mol. The van der Waals surface area contributed by atoms with Gasteiger partial charge in [-0.25, -0.2) is 8.42 Å². The third-order valence-electron chi connectivity index (χ3n) is 4.90. The predicted octanol–water partition coefficient (Wildman–Crippen LogP) is 4.53. The van der Waals surface area contributed by atoms with Gasteiger partial charge in [0.15, 0.2) is 5.75 Å². The molecule has 0 amide bonds. The Balaban J connectivity index is 1.58. The van der Waals surface area contributed by atoms with Crippen LogP contribution in [0.5, 0.6) is 11.5 Å². The smallest absolute Gasteiger partial charge is 0.250 e. The molecule has 4 rings (SSSR count). The molecule has 10 heteroatoms. The van der Waals surface area contributed by atoms with Crippen LogP contribution in [0.3, 0.4) is 0 Å². The van der Waals surface area contributed by atoms with Gasteiger partial charge in [-0.2, -0.15) is 14.4 Å². The maximum atomic E-state index is 11.5. The van der Waals surface area contributed by atoms with Crippen molar-refractivity contribution in [3.63, 3.8) is 0 Å². The van der Waals surface area contributed by atoms with Crippen molar-refractivity contribution in [1.29, 1.82) is 5.26 Å². The highest BCUT2D eigenvalue weighted by molar-refractivity contribution is 7.89. The fourth-order valence-electron chi connectivity index (χ4n) is 3.35. The third kappa shape index (κ3) is 4.82. The van der Waals surface area contributed by atoms with E-state index in [4.69, 9.17) is 21.1 Å². The van der Waals surface area contributed by atoms with Crippen molar-refractivity contribution in [2.24, 2.45) is 0 Å². The Hall–Kier alpha value is -3.48. The fourth-order valence-corrected chi connectivity index (χ4v) is 4.16. The molecule has 0 aliphatic heterocycles. The minimum Gasteiger partial charge on any atom is -0.491 e. The molecule has 33 heavy (non-hydrogen) atoms. The van der Waals surface area contributed by atoms with Gasteiger partial charge in [-0.1, -0.05) is 18.5 Å². The van der Waals surface area contributed by atoms with Crippen molar-refractivity contribution < 1.29 is 17.9 Å². The number of hydrogen-bond donors (Lipinski definition) is 0. The van der Waals surface area contributed by atoms with Crippen LogP contribution in [0, 0.1) is 11.3 Å². The summed E-state index contributed by atoms with van der Waals surface area (Å²) in [6.07, 6.45) is 6.68. The Labute approximate surface area is 196 Å². The average molecular weight is 485 g/mol. The van der Waals surface area contributed by atoms with Gasteiger partial charge in [0.25, 0.3) is 10.0 Å². The molecule has 0 radical (unpaired) electrons. The van der Waals surface area contributed by atoms with E-state index in [-0.39, 0.29) is 6.61 Å². The first-order chi connectivity index (χ1) is 15.8. The van der Waals surface area contributed by atoms with Crippen molar-refractivity contribution in [2.45, 2.75) is 20.0 Å². The van der Waals surface area contributed by atoms with Crippen LogP contribution in [0.25, 0.3) is 16.6 Å². The number of ether oxygens (including phenoxy) is 2. The van der Waals surface area contributed by atoms with E-state index in [0.29, 0.717) is 34.3 Å². The van der Waals surface area contributed by atoms with E-state index in [1.54, 1.807) is 12.1 Å². The number of halogens is 1. The summed E-state index contributed by atoms with van der Waals surface area (Å²) in [7, 11) is -3.42. The van der Waals surface area contributed by atoms with E-state index in [0.717, 1.165) is 33.4 Å². The lowest BCUT2D eigenvalue weighted by atomic mass is 10.2. The summed E-state index contributed by atoms with van der Waals surface area (Å²) >= 11 is 6.42. The molecule has 8 nitrogen and oxygen atoms in total. The van der Waals surface area contributed by atoms with Gasteiger partial charge in [-0.3, -0.25) is 0 Å². The first-order valence-electron chi connectivity index (χ1n) is 10.1. The zero-order valence-electron chi connectivity index (χ0n) is 18.0. The maximum absolute atomic E-state index is 11.5. The minimum atomic E-state index is -3.42. The van der Waals surface area contributed by atoms with Gasteiger partial charge < -0.3 is 14.0 Å². The molecule has 0 bridgehead atoms. The van der Waals surface area contributed by atoms with Crippen LogP contribution in [0.1, 0.15) is 24.5 Å². The molecule has 0 aliphatic rings. The van der Waals surface area contributed by atoms with Gasteiger partial charge in [-0.15, -0.1) is 0 Å². The number of nitriles is 1. The van der Waals surface area contributed by atoms with Crippen molar-refractivity contribution in [3.8, 4) is 23.3 Å². The van der Waals surface area contributed by atoms with Gasteiger partial charge in [0.05, 0.1) is 35.2 Å². The summed E-state index contributed by atoms with van der Waals surface area (Å²) in [4.78, 5) is 0. The Morgan fingerprint density at radius 3 is 2.70 bits per heavy atom. The summed E-state index contributed by atoms with van der Waals surface area (Å²) in [5.41, 5.74) is 2.68. The highest BCUT2D eigenvalue weighted by Crippen LogP contribution is 2.33. The minimum absolute atomic E-state index is 0.183. The van der Waals surface area contributed by atoms with Crippen LogP contribution in [0.15, 0.2) is 55.0 Å². The van der Waals surface area contributed by atoms with E-state index in [1.807, 2.05) is 42.0 Å². The molecule has 0 saturated heterocycles. The largest absolute Gasteiger partial charge is 0.491 e. The van der Waals surface area contributed by atoms with E-state index in [2.05, 4.69) is 11.2 Å². The number of nitrogens with zero attached hydrogens (tertiary/aromatic N) is 4. The van der Waals surface area contributed by atoms with E-state index in [1.165, 1.54) is 12.4 Å². The van der Waals surface area contributed by atoms with Crippen molar-refractivity contribution in [1.82, 2.24) is 13.8 Å². The normalized spacial score (nSPS) is 11.5. The maximum Gasteiger partial charge on any atom is 0.250 e. The number of aromatic nitrogens is 3. The number of fused-ring (bicyclic) bond motifs is 1. The SMILES string of the molecule is CCCOc1c(Cl)cc(-n2ccc3cc(OCc4cnn(S(C)(=O)=O)c4)ccc32)cc1C#N.